The lowest BCUT2D eigenvalue weighted by atomic mass is 10.3. The molecule has 1 aromatic rings. The van der Waals surface area contributed by atoms with E-state index in [1.54, 1.807) is 6.92 Å². The normalized spacial score (nSPS) is 12.6. The van der Waals surface area contributed by atoms with Crippen LogP contribution in [0, 0.1) is 5.82 Å². The first-order valence-corrected chi connectivity index (χ1v) is 5.24. The average molecular weight is 283 g/mol. The van der Waals surface area contributed by atoms with Gasteiger partial charge in [-0.15, -0.1) is 0 Å². The molecule has 0 heterocycles. The molecule has 0 aliphatic carbocycles. The number of aliphatic hydroxyl groups is 1. The second-order valence-corrected chi connectivity index (χ2v) is 4.24. The highest BCUT2D eigenvalue weighted by molar-refractivity contribution is 9.10. The van der Waals surface area contributed by atoms with E-state index >= 15 is 0 Å². The van der Waals surface area contributed by atoms with Crippen LogP contribution in [-0.2, 0) is 0 Å². The second kappa shape index (κ2) is 4.96. The van der Waals surface area contributed by atoms with Crippen molar-refractivity contribution in [2.75, 3.05) is 11.9 Å². The largest absolute Gasteiger partial charge is 0.392 e. The van der Waals surface area contributed by atoms with Gasteiger partial charge in [-0.1, -0.05) is 11.6 Å². The molecule has 0 bridgehead atoms. The Bertz CT molecular complexity index is 310. The average Bonchev–Trinajstić information content (AvgIpc) is 2.01. The lowest BCUT2D eigenvalue weighted by molar-refractivity contribution is 0.208. The topological polar surface area (TPSA) is 32.3 Å². The van der Waals surface area contributed by atoms with Crippen LogP contribution < -0.4 is 5.32 Å². The van der Waals surface area contributed by atoms with Gasteiger partial charge in [0.25, 0.3) is 0 Å². The predicted molar refractivity (Wildman–Crippen MR) is 59.3 cm³/mol. The fourth-order valence-corrected chi connectivity index (χ4v) is 1.92. The summed E-state index contributed by atoms with van der Waals surface area (Å²) in [7, 11) is 0. The summed E-state index contributed by atoms with van der Waals surface area (Å²) in [5, 5.41) is 12.3. The summed E-state index contributed by atoms with van der Waals surface area (Å²) in [6.07, 6.45) is -0.483. The lowest BCUT2D eigenvalue weighted by Gasteiger charge is -2.11. The van der Waals surface area contributed by atoms with E-state index in [9.17, 15) is 4.39 Å². The summed E-state index contributed by atoms with van der Waals surface area (Å²) in [4.78, 5) is 0. The second-order valence-electron chi connectivity index (χ2n) is 2.97. The summed E-state index contributed by atoms with van der Waals surface area (Å²) in [5.74, 6) is -0.399. The van der Waals surface area contributed by atoms with Crippen molar-refractivity contribution in [3.63, 3.8) is 0 Å². The summed E-state index contributed by atoms with van der Waals surface area (Å²) in [5.41, 5.74) is 0.592. The molecule has 0 aliphatic heterocycles. The monoisotopic (exact) mass is 281 g/mol. The maximum Gasteiger partial charge on any atom is 0.125 e. The van der Waals surface area contributed by atoms with E-state index in [1.807, 2.05) is 0 Å². The van der Waals surface area contributed by atoms with E-state index in [0.717, 1.165) is 0 Å². The fourth-order valence-electron chi connectivity index (χ4n) is 0.961. The number of anilines is 1. The molecule has 78 valence electrons. The van der Waals surface area contributed by atoms with Gasteiger partial charge in [-0.25, -0.2) is 4.39 Å². The van der Waals surface area contributed by atoms with Gasteiger partial charge in [-0.2, -0.15) is 0 Å². The van der Waals surface area contributed by atoms with E-state index in [-0.39, 0.29) is 5.02 Å². The van der Waals surface area contributed by atoms with Crippen LogP contribution in [0.1, 0.15) is 6.92 Å². The number of nitrogens with one attached hydrogen (secondary N) is 1. The first-order chi connectivity index (χ1) is 6.50. The molecule has 1 atom stereocenters. The van der Waals surface area contributed by atoms with Crippen molar-refractivity contribution in [2.45, 2.75) is 13.0 Å². The zero-order valence-corrected chi connectivity index (χ0v) is 9.86. The molecule has 0 saturated heterocycles. The van der Waals surface area contributed by atoms with Crippen molar-refractivity contribution in [2.24, 2.45) is 0 Å². The molecule has 0 aromatic heterocycles. The molecule has 0 saturated carbocycles. The standard InChI is InChI=1S/C9H10BrClFNO/c1-5(14)4-13-9-7(10)2-6(12)3-8(9)11/h2-3,5,13-14H,4H2,1H3/t5-/m1/s1. The molecule has 0 radical (unpaired) electrons. The highest BCUT2D eigenvalue weighted by Gasteiger charge is 2.08. The Balaban J connectivity index is 2.86. The number of rotatable bonds is 3. The third-order valence-electron chi connectivity index (χ3n) is 1.58. The highest BCUT2D eigenvalue weighted by Crippen LogP contribution is 2.31. The first-order valence-electron chi connectivity index (χ1n) is 4.07. The Morgan fingerprint density at radius 1 is 1.64 bits per heavy atom. The van der Waals surface area contributed by atoms with E-state index in [1.165, 1.54) is 12.1 Å². The predicted octanol–water partition coefficient (Wildman–Crippen LogP) is 3.03. The molecule has 0 amide bonds. The number of halogens is 3. The molecule has 5 heteroatoms. The van der Waals surface area contributed by atoms with Gasteiger partial charge in [-0.3, -0.25) is 0 Å². The Morgan fingerprint density at radius 3 is 2.79 bits per heavy atom. The van der Waals surface area contributed by atoms with Crippen molar-refractivity contribution in [3.8, 4) is 0 Å². The van der Waals surface area contributed by atoms with E-state index in [4.69, 9.17) is 16.7 Å². The van der Waals surface area contributed by atoms with Crippen LogP contribution in [-0.4, -0.2) is 17.8 Å². The molecule has 0 spiro atoms. The Morgan fingerprint density at radius 2 is 2.29 bits per heavy atom. The minimum absolute atomic E-state index is 0.289. The smallest absolute Gasteiger partial charge is 0.125 e. The van der Waals surface area contributed by atoms with Crippen LogP contribution in [0.15, 0.2) is 16.6 Å². The maximum absolute atomic E-state index is 12.8. The summed E-state index contributed by atoms with van der Waals surface area (Å²) in [6.45, 7) is 2.02. The van der Waals surface area contributed by atoms with Crippen molar-refractivity contribution >= 4 is 33.2 Å². The van der Waals surface area contributed by atoms with Crippen molar-refractivity contribution in [1.29, 1.82) is 0 Å². The maximum atomic E-state index is 12.8. The van der Waals surface area contributed by atoms with Crippen LogP contribution in [0.4, 0.5) is 10.1 Å². The molecule has 1 rings (SSSR count). The molecule has 1 aromatic carbocycles. The third-order valence-corrected chi connectivity index (χ3v) is 2.50. The minimum atomic E-state index is -0.483. The molecule has 2 nitrogen and oxygen atoms in total. The number of benzene rings is 1. The van der Waals surface area contributed by atoms with Crippen LogP contribution >= 0.6 is 27.5 Å². The molecular formula is C9H10BrClFNO. The van der Waals surface area contributed by atoms with Crippen LogP contribution in [0.3, 0.4) is 0 Å². The van der Waals surface area contributed by atoms with Gasteiger partial charge in [-0.05, 0) is 35.0 Å². The van der Waals surface area contributed by atoms with Gasteiger partial charge in [0.2, 0.25) is 0 Å². The van der Waals surface area contributed by atoms with Gasteiger partial charge in [0.05, 0.1) is 16.8 Å². The van der Waals surface area contributed by atoms with Crippen molar-refractivity contribution < 1.29 is 9.50 Å². The summed E-state index contributed by atoms with van der Waals surface area (Å²) in [6, 6.07) is 2.53. The van der Waals surface area contributed by atoms with Gasteiger partial charge in [0.15, 0.2) is 0 Å². The number of hydrogen-bond donors (Lipinski definition) is 2. The van der Waals surface area contributed by atoms with Crippen LogP contribution in [0.2, 0.25) is 5.02 Å². The zero-order valence-electron chi connectivity index (χ0n) is 7.52. The lowest BCUT2D eigenvalue weighted by Crippen LogP contribution is -2.15. The zero-order chi connectivity index (χ0) is 10.7. The minimum Gasteiger partial charge on any atom is -0.392 e. The van der Waals surface area contributed by atoms with Gasteiger partial charge in [0.1, 0.15) is 5.82 Å². The molecular weight excluding hydrogens is 272 g/mol. The number of aliphatic hydroxyl groups excluding tert-OH is 1. The number of hydrogen-bond acceptors (Lipinski definition) is 2. The Kier molecular flexibility index (Phi) is 4.16. The van der Waals surface area contributed by atoms with Crippen molar-refractivity contribution in [3.05, 3.63) is 27.4 Å². The highest BCUT2D eigenvalue weighted by atomic mass is 79.9. The van der Waals surface area contributed by atoms with Gasteiger partial charge in [0, 0.05) is 11.0 Å². The van der Waals surface area contributed by atoms with E-state index in [0.29, 0.717) is 16.7 Å². The molecule has 0 fully saturated rings. The molecule has 0 aliphatic rings. The SMILES string of the molecule is C[C@@H](O)CNc1c(Cl)cc(F)cc1Br. The quantitative estimate of drug-likeness (QED) is 0.893. The Labute approximate surface area is 95.2 Å². The fraction of sp³-hybridized carbons (Fsp3) is 0.333. The molecule has 2 N–H and O–H groups in total. The van der Waals surface area contributed by atoms with Gasteiger partial charge < -0.3 is 10.4 Å². The first kappa shape index (κ1) is 11.8. The third kappa shape index (κ3) is 3.12. The molecule has 0 unspecified atom stereocenters. The Hall–Kier alpha value is -0.320. The van der Waals surface area contributed by atoms with E-state index < -0.39 is 11.9 Å². The summed E-state index contributed by atoms with van der Waals surface area (Å²) >= 11 is 8.98. The van der Waals surface area contributed by atoms with E-state index in [2.05, 4.69) is 21.2 Å². The van der Waals surface area contributed by atoms with Gasteiger partial charge >= 0.3 is 0 Å². The molecule has 14 heavy (non-hydrogen) atoms. The van der Waals surface area contributed by atoms with Crippen LogP contribution in [0.5, 0.6) is 0 Å². The van der Waals surface area contributed by atoms with Crippen LogP contribution in [0.25, 0.3) is 0 Å². The summed E-state index contributed by atoms with van der Waals surface area (Å²) < 4.78 is 13.4. The van der Waals surface area contributed by atoms with Crippen molar-refractivity contribution in [1.82, 2.24) is 0 Å².